The molecule has 3 saturated carbocycles. The molecule has 0 N–H and O–H groups in total. The van der Waals surface area contributed by atoms with Crippen LogP contribution < -0.4 is 0 Å². The molecule has 3 nitrogen and oxygen atoms in total. The lowest BCUT2D eigenvalue weighted by Gasteiger charge is -2.23. The van der Waals surface area contributed by atoms with E-state index in [2.05, 4.69) is 6.07 Å². The maximum Gasteiger partial charge on any atom is 0.226 e. The van der Waals surface area contributed by atoms with Crippen molar-refractivity contribution in [1.82, 2.24) is 4.90 Å². The number of hydrogen-bond acceptors (Lipinski definition) is 2. The van der Waals surface area contributed by atoms with Crippen molar-refractivity contribution in [3.05, 3.63) is 0 Å². The van der Waals surface area contributed by atoms with Crippen LogP contribution in [0.4, 0.5) is 0 Å². The second kappa shape index (κ2) is 4.26. The number of carbonyl (C=O) groups is 1. The number of carbonyl (C=O) groups excluding carboxylic acids is 1. The van der Waals surface area contributed by atoms with Crippen molar-refractivity contribution < 1.29 is 4.79 Å². The summed E-state index contributed by atoms with van der Waals surface area (Å²) in [6, 6.07) is 2.23. The molecule has 2 bridgehead atoms. The van der Waals surface area contributed by atoms with Crippen molar-refractivity contribution in [2.75, 3.05) is 13.1 Å². The molecule has 1 amide bonds. The molecule has 0 aromatic carbocycles. The highest BCUT2D eigenvalue weighted by atomic mass is 16.2. The summed E-state index contributed by atoms with van der Waals surface area (Å²) in [4.78, 5) is 14.4. The molecule has 3 heteroatoms. The Morgan fingerprint density at radius 3 is 2.50 bits per heavy atom. The Bertz CT molecular complexity index is 384. The van der Waals surface area contributed by atoms with E-state index < -0.39 is 0 Å². The molecule has 0 radical (unpaired) electrons. The minimum Gasteiger partial charge on any atom is -0.341 e. The van der Waals surface area contributed by atoms with Gasteiger partial charge in [0.2, 0.25) is 5.91 Å². The number of rotatable bonds is 4. The van der Waals surface area contributed by atoms with Gasteiger partial charge < -0.3 is 4.90 Å². The largest absolute Gasteiger partial charge is 0.341 e. The Kier molecular flexibility index (Phi) is 2.84. The highest BCUT2D eigenvalue weighted by Gasteiger charge is 2.67. The predicted octanol–water partition coefficient (Wildman–Crippen LogP) is 2.29. The Balaban J connectivity index is 1.63. The van der Waals surface area contributed by atoms with E-state index in [9.17, 15) is 4.79 Å². The summed E-state index contributed by atoms with van der Waals surface area (Å²) in [6.07, 6.45) is 4.10. The van der Waals surface area contributed by atoms with E-state index in [0.29, 0.717) is 30.2 Å². The molecule has 98 valence electrons. The van der Waals surface area contributed by atoms with E-state index in [1.54, 1.807) is 0 Å². The van der Waals surface area contributed by atoms with Gasteiger partial charge in [-0.15, -0.1) is 0 Å². The van der Waals surface area contributed by atoms with Crippen LogP contribution in [0.15, 0.2) is 0 Å². The quantitative estimate of drug-likeness (QED) is 0.764. The van der Waals surface area contributed by atoms with Crippen molar-refractivity contribution in [2.45, 2.75) is 33.1 Å². The molecule has 3 aliphatic carbocycles. The monoisotopic (exact) mass is 246 g/mol. The normalized spacial score (nSPS) is 41.1. The second-order valence-corrected chi connectivity index (χ2v) is 6.42. The summed E-state index contributed by atoms with van der Waals surface area (Å²) in [5, 5.41) is 8.88. The summed E-state index contributed by atoms with van der Waals surface area (Å²) in [5.74, 6) is 3.73. The first-order valence-corrected chi connectivity index (χ1v) is 7.35. The van der Waals surface area contributed by atoms with E-state index in [1.165, 1.54) is 19.3 Å². The van der Waals surface area contributed by atoms with Crippen LogP contribution in [0.5, 0.6) is 0 Å². The number of nitriles is 1. The first-order chi connectivity index (χ1) is 8.67. The Hall–Kier alpha value is -1.04. The zero-order valence-corrected chi connectivity index (χ0v) is 11.3. The molecule has 3 fully saturated rings. The number of nitrogens with zero attached hydrogens (tertiary/aromatic N) is 2. The van der Waals surface area contributed by atoms with E-state index >= 15 is 0 Å². The van der Waals surface area contributed by atoms with Crippen LogP contribution in [0.25, 0.3) is 0 Å². The fraction of sp³-hybridized carbons (Fsp3) is 0.867. The van der Waals surface area contributed by atoms with Crippen LogP contribution in [-0.4, -0.2) is 23.9 Å². The molecule has 0 heterocycles. The molecule has 0 aliphatic heterocycles. The molecule has 0 aromatic rings. The summed E-state index contributed by atoms with van der Waals surface area (Å²) in [5.41, 5.74) is 0. The average molecular weight is 246 g/mol. The van der Waals surface area contributed by atoms with Crippen LogP contribution in [0, 0.1) is 46.8 Å². The van der Waals surface area contributed by atoms with Crippen LogP contribution in [0.1, 0.15) is 33.1 Å². The molecule has 0 spiro atoms. The van der Waals surface area contributed by atoms with Gasteiger partial charge in [-0.05, 0) is 56.8 Å². The number of amides is 1. The van der Waals surface area contributed by atoms with Crippen molar-refractivity contribution in [2.24, 2.45) is 35.5 Å². The fourth-order valence-electron chi connectivity index (χ4n) is 4.61. The smallest absolute Gasteiger partial charge is 0.226 e. The molecule has 3 rings (SSSR count). The Labute approximate surface area is 109 Å². The van der Waals surface area contributed by atoms with Crippen molar-refractivity contribution in [1.29, 1.82) is 5.26 Å². The Morgan fingerprint density at radius 1 is 1.39 bits per heavy atom. The van der Waals surface area contributed by atoms with Gasteiger partial charge in [-0.2, -0.15) is 5.26 Å². The lowest BCUT2D eigenvalue weighted by Crippen LogP contribution is -2.36. The van der Waals surface area contributed by atoms with Gasteiger partial charge in [-0.3, -0.25) is 4.79 Å². The van der Waals surface area contributed by atoms with Crippen LogP contribution in [0.2, 0.25) is 0 Å². The van der Waals surface area contributed by atoms with Gasteiger partial charge in [0.1, 0.15) is 0 Å². The molecular weight excluding hydrogens is 224 g/mol. The SMILES string of the molecule is CCN(CC(C)C#N)C(=O)C1C2C3CCC(C3)C12. The topological polar surface area (TPSA) is 44.1 Å². The number of fused-ring (bicyclic) bond motifs is 5. The van der Waals surface area contributed by atoms with Crippen LogP contribution >= 0.6 is 0 Å². The predicted molar refractivity (Wildman–Crippen MR) is 68.3 cm³/mol. The molecule has 0 saturated heterocycles. The fourth-order valence-corrected chi connectivity index (χ4v) is 4.61. The molecule has 3 aliphatic rings. The molecular formula is C15H22N2O. The van der Waals surface area contributed by atoms with Gasteiger partial charge in [0.15, 0.2) is 0 Å². The third kappa shape index (κ3) is 1.66. The summed E-state index contributed by atoms with van der Waals surface area (Å²) >= 11 is 0. The highest BCUT2D eigenvalue weighted by Crippen LogP contribution is 2.69. The summed E-state index contributed by atoms with van der Waals surface area (Å²) in [6.45, 7) is 5.27. The van der Waals surface area contributed by atoms with Gasteiger partial charge in [-0.25, -0.2) is 0 Å². The standard InChI is InChI=1S/C15H22N2O/c1-3-17(8-9(2)7-16)15(18)14-12-10-4-5-11(6-10)13(12)14/h9-14H,3-6,8H2,1-2H3. The van der Waals surface area contributed by atoms with Gasteiger partial charge in [0.05, 0.1) is 12.0 Å². The first-order valence-electron chi connectivity index (χ1n) is 7.35. The lowest BCUT2D eigenvalue weighted by molar-refractivity contribution is -0.133. The van der Waals surface area contributed by atoms with E-state index in [-0.39, 0.29) is 5.92 Å². The van der Waals surface area contributed by atoms with E-state index in [0.717, 1.165) is 18.4 Å². The van der Waals surface area contributed by atoms with Gasteiger partial charge >= 0.3 is 0 Å². The second-order valence-electron chi connectivity index (χ2n) is 6.42. The van der Waals surface area contributed by atoms with Crippen molar-refractivity contribution >= 4 is 5.91 Å². The average Bonchev–Trinajstić information content (AvgIpc) is 2.82. The third-order valence-corrected chi connectivity index (χ3v) is 5.43. The minimum absolute atomic E-state index is 0.0517. The third-order valence-electron chi connectivity index (χ3n) is 5.43. The molecule has 0 aromatic heterocycles. The number of hydrogen-bond donors (Lipinski definition) is 0. The first kappa shape index (κ1) is 12.0. The maximum absolute atomic E-state index is 12.5. The molecule has 5 unspecified atom stereocenters. The van der Waals surface area contributed by atoms with Gasteiger partial charge in [0, 0.05) is 19.0 Å². The molecule has 18 heavy (non-hydrogen) atoms. The zero-order chi connectivity index (χ0) is 12.9. The van der Waals surface area contributed by atoms with Gasteiger partial charge in [-0.1, -0.05) is 0 Å². The van der Waals surface area contributed by atoms with Crippen molar-refractivity contribution in [3.63, 3.8) is 0 Å². The van der Waals surface area contributed by atoms with E-state index in [1.807, 2.05) is 18.7 Å². The van der Waals surface area contributed by atoms with Gasteiger partial charge in [0.25, 0.3) is 0 Å². The highest BCUT2D eigenvalue weighted by molar-refractivity contribution is 5.83. The molecule has 5 atom stereocenters. The lowest BCUT2D eigenvalue weighted by atomic mass is 10.0. The summed E-state index contributed by atoms with van der Waals surface area (Å²) in [7, 11) is 0. The summed E-state index contributed by atoms with van der Waals surface area (Å²) < 4.78 is 0. The zero-order valence-electron chi connectivity index (χ0n) is 11.3. The maximum atomic E-state index is 12.5. The Morgan fingerprint density at radius 2 is 2.00 bits per heavy atom. The van der Waals surface area contributed by atoms with Crippen molar-refractivity contribution in [3.8, 4) is 6.07 Å². The van der Waals surface area contributed by atoms with E-state index in [4.69, 9.17) is 5.26 Å². The minimum atomic E-state index is -0.0517. The van der Waals surface area contributed by atoms with Crippen LogP contribution in [0.3, 0.4) is 0 Å². The van der Waals surface area contributed by atoms with Crippen LogP contribution in [-0.2, 0) is 4.79 Å².